The van der Waals surface area contributed by atoms with E-state index in [4.69, 9.17) is 11.5 Å². The first kappa shape index (κ1) is 26.3. The van der Waals surface area contributed by atoms with Gasteiger partial charge in [0.1, 0.15) is 5.75 Å². The molecule has 1 amide bonds. The average molecular weight is 530 g/mol. The van der Waals surface area contributed by atoms with Crippen molar-refractivity contribution in [3.8, 4) is 17.6 Å². The summed E-state index contributed by atoms with van der Waals surface area (Å²) >= 11 is 0. The molecule has 2 saturated carbocycles. The van der Waals surface area contributed by atoms with Crippen molar-refractivity contribution >= 4 is 34.7 Å². The Kier molecular flexibility index (Phi) is 6.17. The first-order valence-corrected chi connectivity index (χ1v) is 12.4. The van der Waals surface area contributed by atoms with Gasteiger partial charge in [-0.3, -0.25) is 28.9 Å². The molecule has 10 nitrogen and oxygen atoms in total. The first-order chi connectivity index (χ1) is 18.4. The molecule has 2 aromatic rings. The molecule has 0 aliphatic heterocycles. The van der Waals surface area contributed by atoms with E-state index in [1.54, 1.807) is 30.3 Å². The number of aliphatic hydroxyl groups is 1. The second-order valence-corrected chi connectivity index (χ2v) is 10.6. The number of phenolic OH excluding ortho intramolecular Hbond substituents is 1. The van der Waals surface area contributed by atoms with Crippen LogP contribution in [0.2, 0.25) is 0 Å². The number of phenols is 1. The fourth-order valence-corrected chi connectivity index (χ4v) is 6.43. The molecule has 200 valence electrons. The Morgan fingerprint density at radius 3 is 2.31 bits per heavy atom. The van der Waals surface area contributed by atoms with Crippen LogP contribution in [0.5, 0.6) is 5.75 Å². The maximum Gasteiger partial charge on any atom is 0.235 e. The van der Waals surface area contributed by atoms with Gasteiger partial charge in [0.25, 0.3) is 0 Å². The van der Waals surface area contributed by atoms with E-state index in [2.05, 4.69) is 11.8 Å². The van der Waals surface area contributed by atoms with Crippen LogP contribution < -0.4 is 11.5 Å². The summed E-state index contributed by atoms with van der Waals surface area (Å²) in [7, 11) is 3.08. The number of rotatable bonds is 2. The number of likely N-dealkylation sites (N-methyl/N-ethyl adjacent to an activating group) is 1. The summed E-state index contributed by atoms with van der Waals surface area (Å²) < 4.78 is 0. The molecule has 0 heterocycles. The molecule has 3 aliphatic carbocycles. The number of nitrogens with zero attached hydrogens (tertiary/aromatic N) is 1. The van der Waals surface area contributed by atoms with E-state index in [0.717, 1.165) is 0 Å². The standard InChI is InChI=1S/C29H27N3O7/c1-32(2)23-18-12-15-11-17-14(6-3-13-4-8-16(30)9-5-13)7-10-19(33)21(17)24(34)20(15)26(36)29(18,39)27(37)22(25(23)35)28(31)38/h4-5,7-10,15,18,20,22-23,33,39H,11-12,30H2,1-2H3,(H2,31,38)/t15?,18?,20?,22?,23-,29-/m0/s1. The molecule has 3 aliphatic rings. The van der Waals surface area contributed by atoms with Gasteiger partial charge in [0, 0.05) is 22.7 Å². The van der Waals surface area contributed by atoms with Gasteiger partial charge in [-0.05, 0) is 74.8 Å². The third-order valence-electron chi connectivity index (χ3n) is 8.20. The van der Waals surface area contributed by atoms with Gasteiger partial charge in [-0.1, -0.05) is 11.8 Å². The monoisotopic (exact) mass is 529 g/mol. The van der Waals surface area contributed by atoms with Crippen LogP contribution in [-0.4, -0.2) is 69.9 Å². The van der Waals surface area contributed by atoms with Gasteiger partial charge < -0.3 is 21.7 Å². The fraction of sp³-hybridized carbons (Fsp3) is 0.345. The van der Waals surface area contributed by atoms with E-state index >= 15 is 0 Å². The number of carbonyl (C=O) groups excluding carboxylic acids is 5. The predicted octanol–water partition coefficient (Wildman–Crippen LogP) is -0.151. The van der Waals surface area contributed by atoms with Gasteiger partial charge in [-0.15, -0.1) is 0 Å². The number of ketones is 4. The topological polar surface area (TPSA) is 181 Å². The zero-order valence-corrected chi connectivity index (χ0v) is 21.3. The highest BCUT2D eigenvalue weighted by molar-refractivity contribution is 6.32. The van der Waals surface area contributed by atoms with Crippen molar-refractivity contribution in [2.24, 2.45) is 29.4 Å². The van der Waals surface area contributed by atoms with E-state index in [1.807, 2.05) is 0 Å². The zero-order chi connectivity index (χ0) is 28.4. The van der Waals surface area contributed by atoms with Crippen molar-refractivity contribution in [1.29, 1.82) is 0 Å². The van der Waals surface area contributed by atoms with Crippen molar-refractivity contribution in [3.05, 3.63) is 58.7 Å². The van der Waals surface area contributed by atoms with Gasteiger partial charge in [0.15, 0.2) is 34.7 Å². The second-order valence-electron chi connectivity index (χ2n) is 10.6. The largest absolute Gasteiger partial charge is 0.507 e. The molecular weight excluding hydrogens is 502 g/mol. The first-order valence-electron chi connectivity index (χ1n) is 12.4. The Balaban J connectivity index is 1.61. The Morgan fingerprint density at radius 2 is 1.69 bits per heavy atom. The number of aromatic hydroxyl groups is 1. The Labute approximate surface area is 224 Å². The predicted molar refractivity (Wildman–Crippen MR) is 138 cm³/mol. The van der Waals surface area contributed by atoms with Crippen molar-refractivity contribution in [2.45, 2.75) is 24.5 Å². The number of benzene rings is 2. The summed E-state index contributed by atoms with van der Waals surface area (Å²) in [6, 6.07) is 8.64. The summed E-state index contributed by atoms with van der Waals surface area (Å²) in [4.78, 5) is 67.5. The lowest BCUT2D eigenvalue weighted by Gasteiger charge is -2.52. The Morgan fingerprint density at radius 1 is 1.03 bits per heavy atom. The van der Waals surface area contributed by atoms with Crippen LogP contribution in [0, 0.1) is 35.5 Å². The molecule has 6 atom stereocenters. The lowest BCUT2D eigenvalue weighted by molar-refractivity contribution is -0.181. The van der Waals surface area contributed by atoms with E-state index in [-0.39, 0.29) is 24.2 Å². The molecule has 5 rings (SSSR count). The maximum absolute atomic E-state index is 13.8. The quantitative estimate of drug-likeness (QED) is 0.234. The van der Waals surface area contributed by atoms with Crippen molar-refractivity contribution < 1.29 is 34.2 Å². The normalized spacial score (nSPS) is 29.7. The van der Waals surface area contributed by atoms with Crippen molar-refractivity contribution in [3.63, 3.8) is 0 Å². The molecule has 2 aromatic carbocycles. The van der Waals surface area contributed by atoms with Crippen LogP contribution in [0.1, 0.15) is 33.5 Å². The highest BCUT2D eigenvalue weighted by Gasteiger charge is 2.69. The third kappa shape index (κ3) is 3.85. The number of nitrogen functional groups attached to an aromatic ring is 1. The van der Waals surface area contributed by atoms with Gasteiger partial charge in [-0.25, -0.2) is 0 Å². The van der Waals surface area contributed by atoms with E-state index < -0.39 is 64.4 Å². The minimum atomic E-state index is -2.75. The molecule has 0 radical (unpaired) electrons. The summed E-state index contributed by atoms with van der Waals surface area (Å²) in [5.41, 5.74) is 10.4. The number of anilines is 1. The summed E-state index contributed by atoms with van der Waals surface area (Å²) in [6.07, 6.45) is 0.121. The van der Waals surface area contributed by atoms with Crippen LogP contribution in [0.3, 0.4) is 0 Å². The molecule has 0 saturated heterocycles. The highest BCUT2D eigenvalue weighted by atomic mass is 16.3. The highest BCUT2D eigenvalue weighted by Crippen LogP contribution is 2.50. The van der Waals surface area contributed by atoms with Gasteiger partial charge in [0.2, 0.25) is 5.91 Å². The average Bonchev–Trinajstić information content (AvgIpc) is 2.86. The van der Waals surface area contributed by atoms with Crippen LogP contribution >= 0.6 is 0 Å². The number of hydrogen-bond donors (Lipinski definition) is 4. The molecule has 0 aromatic heterocycles. The summed E-state index contributed by atoms with van der Waals surface area (Å²) in [6.45, 7) is 0. The number of carbonyl (C=O) groups is 5. The number of primary amides is 1. The second kappa shape index (κ2) is 9.15. The van der Waals surface area contributed by atoms with Gasteiger partial charge >= 0.3 is 0 Å². The number of hydrogen-bond acceptors (Lipinski definition) is 9. The van der Waals surface area contributed by atoms with Crippen molar-refractivity contribution in [2.75, 3.05) is 19.8 Å². The van der Waals surface area contributed by atoms with E-state index in [1.165, 1.54) is 25.1 Å². The van der Waals surface area contributed by atoms with Crippen molar-refractivity contribution in [1.82, 2.24) is 4.90 Å². The molecule has 6 N–H and O–H groups in total. The SMILES string of the molecule is CN(C)[C@@H]1C(=O)C(C(N)=O)C(=O)[C@@]2(O)C(=O)C3C(=O)c4c(O)ccc(C#Cc5ccc(N)cc5)c4CC3CC12. The lowest BCUT2D eigenvalue weighted by Crippen LogP contribution is -2.74. The van der Waals surface area contributed by atoms with Gasteiger partial charge in [0.05, 0.1) is 17.5 Å². The molecule has 10 heteroatoms. The number of Topliss-reactive ketones (excluding diaryl/α,β-unsaturated/α-hetero) is 4. The molecule has 39 heavy (non-hydrogen) atoms. The van der Waals surface area contributed by atoms with Crippen LogP contribution in [0.15, 0.2) is 36.4 Å². The minimum Gasteiger partial charge on any atom is -0.507 e. The maximum atomic E-state index is 13.8. The third-order valence-corrected chi connectivity index (χ3v) is 8.20. The number of amides is 1. The lowest BCUT2D eigenvalue weighted by atomic mass is 9.52. The Bertz CT molecular complexity index is 1520. The van der Waals surface area contributed by atoms with Crippen LogP contribution in [0.25, 0.3) is 0 Å². The molecule has 0 bridgehead atoms. The zero-order valence-electron chi connectivity index (χ0n) is 21.3. The number of fused-ring (bicyclic) bond motifs is 3. The van der Waals surface area contributed by atoms with E-state index in [0.29, 0.717) is 22.4 Å². The Hall–Kier alpha value is -4.33. The molecule has 4 unspecified atom stereocenters. The van der Waals surface area contributed by atoms with Gasteiger partial charge in [-0.2, -0.15) is 0 Å². The van der Waals surface area contributed by atoms with Crippen LogP contribution in [0.4, 0.5) is 5.69 Å². The number of nitrogens with two attached hydrogens (primary N) is 2. The molecule has 0 spiro atoms. The summed E-state index contributed by atoms with van der Waals surface area (Å²) in [5, 5.41) is 22.2. The molecular formula is C29H27N3O7. The summed E-state index contributed by atoms with van der Waals surface area (Å²) in [5.74, 6) is -4.78. The fourth-order valence-electron chi connectivity index (χ4n) is 6.43. The minimum absolute atomic E-state index is 0.0234. The van der Waals surface area contributed by atoms with Crippen LogP contribution in [-0.2, 0) is 25.6 Å². The van der Waals surface area contributed by atoms with E-state index in [9.17, 15) is 34.2 Å². The molecule has 2 fully saturated rings. The smallest absolute Gasteiger partial charge is 0.235 e.